The zero-order chi connectivity index (χ0) is 13.9. The first kappa shape index (κ1) is 19.3. The number of nitrogens with zero attached hydrogens (tertiary/aromatic N) is 3. The van der Waals surface area contributed by atoms with E-state index >= 15 is 0 Å². The lowest BCUT2D eigenvalue weighted by Crippen LogP contribution is -2.35. The van der Waals surface area contributed by atoms with E-state index in [1.165, 1.54) is 29.6 Å². The highest BCUT2D eigenvalue weighted by Crippen LogP contribution is 2.24. The Bertz CT molecular complexity index is 578. The Morgan fingerprint density at radius 1 is 1.05 bits per heavy atom. The number of hydrogen-bond donors (Lipinski definition) is 0. The van der Waals surface area contributed by atoms with Gasteiger partial charge in [-0.25, -0.2) is 0 Å². The SMILES string of the molecule is CCN(CC)CCN1CCn2ccc3cccc(c32)C1.Cl.Cl. The van der Waals surface area contributed by atoms with Gasteiger partial charge in [-0.3, -0.25) is 4.90 Å². The minimum absolute atomic E-state index is 0. The van der Waals surface area contributed by atoms with Crippen LogP contribution in [0.25, 0.3) is 10.9 Å². The highest BCUT2D eigenvalue weighted by atomic mass is 35.5. The Balaban J connectivity index is 0.00000121. The average Bonchev–Trinajstić information content (AvgIpc) is 2.80. The van der Waals surface area contributed by atoms with Crippen molar-refractivity contribution in [3.05, 3.63) is 36.0 Å². The molecule has 0 radical (unpaired) electrons. The number of para-hydroxylation sites is 1. The fourth-order valence-electron chi connectivity index (χ4n) is 3.24. The van der Waals surface area contributed by atoms with Gasteiger partial charge in [0.15, 0.2) is 0 Å². The number of hydrogen-bond acceptors (Lipinski definition) is 2. The lowest BCUT2D eigenvalue weighted by Gasteiger charge is -2.25. The van der Waals surface area contributed by atoms with Crippen molar-refractivity contribution in [1.29, 1.82) is 0 Å². The smallest absolute Gasteiger partial charge is 0.0526 e. The van der Waals surface area contributed by atoms with Gasteiger partial charge >= 0.3 is 0 Å². The van der Waals surface area contributed by atoms with Crippen LogP contribution in [-0.2, 0) is 13.1 Å². The second kappa shape index (κ2) is 8.78. The molecule has 22 heavy (non-hydrogen) atoms. The van der Waals surface area contributed by atoms with Gasteiger partial charge < -0.3 is 9.47 Å². The van der Waals surface area contributed by atoms with Gasteiger partial charge in [-0.15, -0.1) is 24.8 Å². The van der Waals surface area contributed by atoms with E-state index in [1.54, 1.807) is 0 Å². The van der Waals surface area contributed by atoms with E-state index < -0.39 is 0 Å². The second-order valence-electron chi connectivity index (χ2n) is 5.67. The molecule has 1 aliphatic rings. The minimum atomic E-state index is 0. The van der Waals surface area contributed by atoms with Crippen molar-refractivity contribution in [2.75, 3.05) is 32.7 Å². The van der Waals surface area contributed by atoms with Gasteiger partial charge in [0, 0.05) is 38.9 Å². The van der Waals surface area contributed by atoms with Gasteiger partial charge in [0.1, 0.15) is 0 Å². The van der Waals surface area contributed by atoms with Gasteiger partial charge in [0.05, 0.1) is 5.52 Å². The molecule has 1 aromatic heterocycles. The minimum Gasteiger partial charge on any atom is -0.346 e. The summed E-state index contributed by atoms with van der Waals surface area (Å²) in [5, 5.41) is 1.38. The van der Waals surface area contributed by atoms with Crippen LogP contribution in [0.5, 0.6) is 0 Å². The fraction of sp³-hybridized carbons (Fsp3) is 0.529. The molecule has 0 aliphatic carbocycles. The molecule has 0 amide bonds. The molecule has 2 aromatic rings. The number of benzene rings is 1. The lowest BCUT2D eigenvalue weighted by atomic mass is 10.1. The van der Waals surface area contributed by atoms with Crippen molar-refractivity contribution in [2.45, 2.75) is 26.9 Å². The zero-order valence-corrected chi connectivity index (χ0v) is 15.1. The lowest BCUT2D eigenvalue weighted by molar-refractivity contribution is 0.207. The van der Waals surface area contributed by atoms with Crippen LogP contribution >= 0.6 is 24.8 Å². The number of rotatable bonds is 5. The Hall–Kier alpha value is -0.740. The van der Waals surface area contributed by atoms with Crippen LogP contribution < -0.4 is 0 Å². The van der Waals surface area contributed by atoms with Crippen molar-refractivity contribution in [3.63, 3.8) is 0 Å². The Labute approximate surface area is 146 Å². The Morgan fingerprint density at radius 2 is 1.82 bits per heavy atom. The molecule has 0 spiro atoms. The van der Waals surface area contributed by atoms with Gasteiger partial charge in [0.25, 0.3) is 0 Å². The summed E-state index contributed by atoms with van der Waals surface area (Å²) < 4.78 is 2.42. The van der Waals surface area contributed by atoms with E-state index in [-0.39, 0.29) is 24.8 Å². The third-order valence-electron chi connectivity index (χ3n) is 4.55. The summed E-state index contributed by atoms with van der Waals surface area (Å²) in [6, 6.07) is 8.94. The molecule has 0 bridgehead atoms. The molecule has 124 valence electrons. The number of likely N-dealkylation sites (N-methyl/N-ethyl adjacent to an activating group) is 1. The summed E-state index contributed by atoms with van der Waals surface area (Å²) in [5.41, 5.74) is 2.92. The van der Waals surface area contributed by atoms with E-state index in [2.05, 4.69) is 58.7 Å². The fourth-order valence-corrected chi connectivity index (χ4v) is 3.24. The molecular formula is C17H27Cl2N3. The van der Waals surface area contributed by atoms with Crippen LogP contribution in [0.3, 0.4) is 0 Å². The van der Waals surface area contributed by atoms with Crippen molar-refractivity contribution < 1.29 is 0 Å². The van der Waals surface area contributed by atoms with Crippen molar-refractivity contribution in [1.82, 2.24) is 14.4 Å². The summed E-state index contributed by atoms with van der Waals surface area (Å²) in [7, 11) is 0. The number of halogens is 2. The third kappa shape index (κ3) is 3.96. The molecule has 1 aliphatic heterocycles. The van der Waals surface area contributed by atoms with Crippen molar-refractivity contribution in [2.24, 2.45) is 0 Å². The van der Waals surface area contributed by atoms with Gasteiger partial charge in [-0.05, 0) is 30.1 Å². The maximum Gasteiger partial charge on any atom is 0.0526 e. The summed E-state index contributed by atoms with van der Waals surface area (Å²) in [6.45, 7) is 12.5. The first-order valence-electron chi connectivity index (χ1n) is 7.83. The highest BCUT2D eigenvalue weighted by molar-refractivity contribution is 5.85. The largest absolute Gasteiger partial charge is 0.346 e. The summed E-state index contributed by atoms with van der Waals surface area (Å²) in [5.74, 6) is 0. The van der Waals surface area contributed by atoms with Crippen LogP contribution in [0.1, 0.15) is 19.4 Å². The van der Waals surface area contributed by atoms with Crippen LogP contribution in [0.2, 0.25) is 0 Å². The summed E-state index contributed by atoms with van der Waals surface area (Å²) >= 11 is 0. The van der Waals surface area contributed by atoms with E-state index in [1.807, 2.05) is 0 Å². The molecule has 0 unspecified atom stereocenters. The predicted octanol–water partition coefficient (Wildman–Crippen LogP) is 3.64. The molecule has 0 saturated heterocycles. The van der Waals surface area contributed by atoms with Gasteiger partial charge in [-0.2, -0.15) is 0 Å². The zero-order valence-electron chi connectivity index (χ0n) is 13.5. The standard InChI is InChI=1S/C17H25N3.2ClH/c1-3-18(4-2)10-11-19-12-13-20-9-8-15-6-5-7-16(14-19)17(15)20;;/h5-9H,3-4,10-14H2,1-2H3;2*1H. The molecule has 3 rings (SSSR count). The topological polar surface area (TPSA) is 11.4 Å². The molecule has 0 atom stereocenters. The average molecular weight is 344 g/mol. The van der Waals surface area contributed by atoms with Crippen LogP contribution in [0.4, 0.5) is 0 Å². The van der Waals surface area contributed by atoms with Crippen LogP contribution in [-0.4, -0.2) is 47.1 Å². The molecule has 2 heterocycles. The number of aromatic nitrogens is 1. The van der Waals surface area contributed by atoms with Crippen LogP contribution in [0, 0.1) is 0 Å². The van der Waals surface area contributed by atoms with Gasteiger partial charge in [0.2, 0.25) is 0 Å². The maximum absolute atomic E-state index is 2.60. The Kier molecular flexibility index (Phi) is 7.70. The third-order valence-corrected chi connectivity index (χ3v) is 4.55. The van der Waals surface area contributed by atoms with Gasteiger partial charge in [-0.1, -0.05) is 32.0 Å². The monoisotopic (exact) mass is 343 g/mol. The quantitative estimate of drug-likeness (QED) is 0.820. The molecule has 1 aromatic carbocycles. The normalized spacial score (nSPS) is 14.5. The molecule has 0 fully saturated rings. The molecule has 0 saturated carbocycles. The molecule has 5 heteroatoms. The Morgan fingerprint density at radius 3 is 2.55 bits per heavy atom. The maximum atomic E-state index is 2.60. The first-order chi connectivity index (χ1) is 9.81. The second-order valence-corrected chi connectivity index (χ2v) is 5.67. The van der Waals surface area contributed by atoms with Crippen molar-refractivity contribution in [3.8, 4) is 0 Å². The molecule has 3 nitrogen and oxygen atoms in total. The van der Waals surface area contributed by atoms with Crippen molar-refractivity contribution >= 4 is 35.7 Å². The van der Waals surface area contributed by atoms with E-state index in [0.29, 0.717) is 0 Å². The van der Waals surface area contributed by atoms with E-state index in [0.717, 1.165) is 32.7 Å². The highest BCUT2D eigenvalue weighted by Gasteiger charge is 2.16. The summed E-state index contributed by atoms with van der Waals surface area (Å²) in [6.07, 6.45) is 2.24. The molecular weight excluding hydrogens is 317 g/mol. The van der Waals surface area contributed by atoms with E-state index in [9.17, 15) is 0 Å². The van der Waals surface area contributed by atoms with E-state index in [4.69, 9.17) is 0 Å². The predicted molar refractivity (Wildman–Crippen MR) is 99.5 cm³/mol. The van der Waals surface area contributed by atoms with Crippen LogP contribution in [0.15, 0.2) is 30.5 Å². The molecule has 0 N–H and O–H groups in total. The first-order valence-corrected chi connectivity index (χ1v) is 7.83. The summed E-state index contributed by atoms with van der Waals surface area (Å²) in [4.78, 5) is 5.10.